The van der Waals surface area contributed by atoms with Gasteiger partial charge in [0.25, 0.3) is 0 Å². The van der Waals surface area contributed by atoms with Crippen molar-refractivity contribution in [3.63, 3.8) is 0 Å². The van der Waals surface area contributed by atoms with Crippen molar-refractivity contribution in [1.29, 1.82) is 0 Å². The number of hydrogen-bond acceptors (Lipinski definition) is 3. The van der Waals surface area contributed by atoms with E-state index in [1.807, 2.05) is 37.3 Å². The highest BCUT2D eigenvalue weighted by atomic mass is 127. The third-order valence-corrected chi connectivity index (χ3v) is 4.00. The van der Waals surface area contributed by atoms with Gasteiger partial charge in [-0.15, -0.1) is 35.3 Å². The number of hydrogen-bond donors (Lipinski definition) is 3. The minimum Gasteiger partial charge on any atom is -0.386 e. The lowest BCUT2D eigenvalue weighted by Crippen LogP contribution is -2.33. The van der Waals surface area contributed by atoms with Crippen LogP contribution in [0.25, 0.3) is 10.1 Å². The number of fused-ring (bicyclic) bond motifs is 1. The summed E-state index contributed by atoms with van der Waals surface area (Å²) in [5, 5.41) is 14.2. The number of nitrogens with zero attached hydrogens (tertiary/aromatic N) is 1. The van der Waals surface area contributed by atoms with Crippen molar-refractivity contribution in [1.82, 2.24) is 5.32 Å². The molecule has 4 N–H and O–H groups in total. The van der Waals surface area contributed by atoms with Gasteiger partial charge in [0.15, 0.2) is 5.96 Å². The third kappa shape index (κ3) is 5.29. The van der Waals surface area contributed by atoms with Gasteiger partial charge in [-0.2, -0.15) is 0 Å². The summed E-state index contributed by atoms with van der Waals surface area (Å²) in [5.74, 6) is 0.327. The summed E-state index contributed by atoms with van der Waals surface area (Å²) in [4.78, 5) is 5.05. The van der Waals surface area contributed by atoms with Crippen molar-refractivity contribution in [3.05, 3.63) is 47.4 Å². The van der Waals surface area contributed by atoms with E-state index >= 15 is 0 Å². The molecule has 0 aliphatic heterocycles. The van der Waals surface area contributed by atoms with Crippen molar-refractivity contribution in [2.24, 2.45) is 10.7 Å². The first-order valence-electron chi connectivity index (χ1n) is 6.41. The van der Waals surface area contributed by atoms with E-state index in [0.717, 1.165) is 15.8 Å². The fraction of sp³-hybridized carbons (Fsp3) is 0.267. The van der Waals surface area contributed by atoms with E-state index in [9.17, 15) is 5.11 Å². The van der Waals surface area contributed by atoms with Crippen molar-refractivity contribution in [2.45, 2.75) is 13.0 Å². The van der Waals surface area contributed by atoms with Gasteiger partial charge < -0.3 is 16.2 Å². The highest BCUT2D eigenvalue weighted by molar-refractivity contribution is 14.0. The summed E-state index contributed by atoms with van der Waals surface area (Å²) in [6.45, 7) is 6.53. The number of rotatable bonds is 5. The Balaban J connectivity index is 0.00000220. The number of thiophene rings is 1. The molecule has 21 heavy (non-hydrogen) atoms. The molecule has 2 rings (SSSR count). The first kappa shape index (κ1) is 17.9. The summed E-state index contributed by atoms with van der Waals surface area (Å²) in [5.41, 5.74) is 6.69. The molecular formula is C15H20IN3OS. The molecule has 0 aliphatic rings. The van der Waals surface area contributed by atoms with Crippen LogP contribution in [0.4, 0.5) is 0 Å². The van der Waals surface area contributed by atoms with Crippen LogP contribution in [0, 0.1) is 0 Å². The molecule has 1 aromatic heterocycles. The Morgan fingerprint density at radius 1 is 1.48 bits per heavy atom. The molecule has 0 fully saturated rings. The Labute approximate surface area is 145 Å². The Kier molecular flexibility index (Phi) is 7.13. The molecule has 0 spiro atoms. The quantitative estimate of drug-likeness (QED) is 0.303. The average Bonchev–Trinajstić information content (AvgIpc) is 2.86. The highest BCUT2D eigenvalue weighted by Crippen LogP contribution is 2.29. The SMILES string of the molecule is C=C(C)CNC(N)=NCC(O)c1cc2ccccc2s1.I. The van der Waals surface area contributed by atoms with Crippen LogP contribution in [0.2, 0.25) is 0 Å². The maximum absolute atomic E-state index is 10.2. The molecule has 0 saturated heterocycles. The van der Waals surface area contributed by atoms with Gasteiger partial charge in [0.2, 0.25) is 0 Å². The van der Waals surface area contributed by atoms with E-state index in [1.54, 1.807) is 11.3 Å². The Hall–Kier alpha value is -1.12. The number of aliphatic hydroxyl groups excluding tert-OH is 1. The largest absolute Gasteiger partial charge is 0.386 e. The number of benzene rings is 1. The normalized spacial score (nSPS) is 12.8. The van der Waals surface area contributed by atoms with Gasteiger partial charge in [-0.3, -0.25) is 4.99 Å². The molecule has 1 unspecified atom stereocenters. The second-order valence-corrected chi connectivity index (χ2v) is 5.85. The van der Waals surface area contributed by atoms with E-state index in [4.69, 9.17) is 5.73 Å². The topological polar surface area (TPSA) is 70.6 Å². The summed E-state index contributed by atoms with van der Waals surface area (Å²) >= 11 is 1.58. The highest BCUT2D eigenvalue weighted by Gasteiger charge is 2.10. The molecule has 114 valence electrons. The molecular weight excluding hydrogens is 397 g/mol. The van der Waals surface area contributed by atoms with Gasteiger partial charge in [-0.25, -0.2) is 0 Å². The number of aliphatic imine (C=N–C) groups is 1. The average molecular weight is 417 g/mol. The molecule has 2 aromatic rings. The fourth-order valence-electron chi connectivity index (χ4n) is 1.74. The van der Waals surface area contributed by atoms with Crippen LogP contribution in [0.1, 0.15) is 17.9 Å². The number of halogens is 1. The first-order chi connectivity index (χ1) is 9.56. The van der Waals surface area contributed by atoms with E-state index in [2.05, 4.69) is 16.9 Å². The van der Waals surface area contributed by atoms with Gasteiger partial charge in [0.05, 0.1) is 6.54 Å². The molecule has 1 heterocycles. The zero-order valence-electron chi connectivity index (χ0n) is 11.9. The number of guanidine groups is 1. The third-order valence-electron chi connectivity index (χ3n) is 2.78. The monoisotopic (exact) mass is 417 g/mol. The van der Waals surface area contributed by atoms with E-state index in [-0.39, 0.29) is 30.5 Å². The van der Waals surface area contributed by atoms with Gasteiger partial charge in [0, 0.05) is 16.1 Å². The fourth-order valence-corrected chi connectivity index (χ4v) is 2.78. The Morgan fingerprint density at radius 3 is 2.86 bits per heavy atom. The second kappa shape index (κ2) is 8.35. The summed E-state index contributed by atoms with van der Waals surface area (Å²) < 4.78 is 1.17. The molecule has 4 nitrogen and oxygen atoms in total. The minimum atomic E-state index is -0.627. The van der Waals surface area contributed by atoms with Crippen LogP contribution in [-0.4, -0.2) is 24.2 Å². The predicted octanol–water partition coefficient (Wildman–Crippen LogP) is 3.03. The van der Waals surface area contributed by atoms with Gasteiger partial charge in [0.1, 0.15) is 6.10 Å². The predicted molar refractivity (Wildman–Crippen MR) is 102 cm³/mol. The van der Waals surface area contributed by atoms with Crippen LogP contribution in [0.5, 0.6) is 0 Å². The summed E-state index contributed by atoms with van der Waals surface area (Å²) in [6.07, 6.45) is -0.627. The summed E-state index contributed by atoms with van der Waals surface area (Å²) in [6, 6.07) is 10.1. The summed E-state index contributed by atoms with van der Waals surface area (Å²) in [7, 11) is 0. The molecule has 0 saturated carbocycles. The maximum atomic E-state index is 10.2. The van der Waals surface area contributed by atoms with E-state index in [0.29, 0.717) is 12.5 Å². The van der Waals surface area contributed by atoms with Crippen LogP contribution in [0.15, 0.2) is 47.5 Å². The minimum absolute atomic E-state index is 0. The molecule has 1 aromatic carbocycles. The number of nitrogens with two attached hydrogens (primary N) is 1. The van der Waals surface area contributed by atoms with Crippen LogP contribution >= 0.6 is 35.3 Å². The lowest BCUT2D eigenvalue weighted by Gasteiger charge is -2.07. The lowest BCUT2D eigenvalue weighted by atomic mass is 10.2. The first-order valence-corrected chi connectivity index (χ1v) is 7.22. The standard InChI is InChI=1S/C15H19N3OS.HI/c1-10(2)8-17-15(16)18-9-12(19)14-7-11-5-3-4-6-13(11)20-14;/h3-7,12,19H,1,8-9H2,2H3,(H3,16,17,18);1H. The Bertz CT molecular complexity index is 606. The molecule has 0 amide bonds. The number of nitrogens with one attached hydrogen (secondary N) is 1. The maximum Gasteiger partial charge on any atom is 0.188 e. The van der Waals surface area contributed by atoms with E-state index < -0.39 is 6.10 Å². The molecule has 0 bridgehead atoms. The van der Waals surface area contributed by atoms with Gasteiger partial charge in [-0.05, 0) is 24.4 Å². The van der Waals surface area contributed by atoms with Crippen molar-refractivity contribution >= 4 is 51.4 Å². The van der Waals surface area contributed by atoms with Crippen LogP contribution in [0.3, 0.4) is 0 Å². The zero-order valence-corrected chi connectivity index (χ0v) is 15.0. The molecule has 1 atom stereocenters. The zero-order chi connectivity index (χ0) is 14.5. The van der Waals surface area contributed by atoms with Crippen molar-refractivity contribution in [3.8, 4) is 0 Å². The molecule has 0 radical (unpaired) electrons. The second-order valence-electron chi connectivity index (χ2n) is 4.74. The van der Waals surface area contributed by atoms with Crippen LogP contribution in [-0.2, 0) is 0 Å². The smallest absolute Gasteiger partial charge is 0.188 e. The molecule has 6 heteroatoms. The molecule has 0 aliphatic carbocycles. The van der Waals surface area contributed by atoms with Crippen LogP contribution < -0.4 is 11.1 Å². The lowest BCUT2D eigenvalue weighted by molar-refractivity contribution is 0.191. The van der Waals surface area contributed by atoms with Crippen molar-refractivity contribution in [2.75, 3.05) is 13.1 Å². The number of aliphatic hydroxyl groups is 1. The van der Waals surface area contributed by atoms with E-state index in [1.165, 1.54) is 4.70 Å². The van der Waals surface area contributed by atoms with Crippen molar-refractivity contribution < 1.29 is 5.11 Å². The Morgan fingerprint density at radius 2 is 2.19 bits per heavy atom. The van der Waals surface area contributed by atoms with Gasteiger partial charge >= 0.3 is 0 Å². The van der Waals surface area contributed by atoms with Gasteiger partial charge in [-0.1, -0.05) is 30.4 Å².